The highest BCUT2D eigenvalue weighted by atomic mass is 16.7. The maximum Gasteiger partial charge on any atom is 0.410 e. The number of carbonyl (C=O) groups is 4. The van der Waals surface area contributed by atoms with Gasteiger partial charge in [0.2, 0.25) is 12.2 Å². The van der Waals surface area contributed by atoms with Crippen molar-refractivity contribution in [1.29, 1.82) is 5.26 Å². The van der Waals surface area contributed by atoms with Crippen LogP contribution in [0.2, 0.25) is 0 Å². The molecular formula is C30H41N3O7. The Labute approximate surface area is 236 Å². The van der Waals surface area contributed by atoms with Crippen LogP contribution in [0.4, 0.5) is 4.79 Å². The molecule has 10 nitrogen and oxygen atoms in total. The summed E-state index contributed by atoms with van der Waals surface area (Å²) in [5.74, 6) is -1.15. The maximum absolute atomic E-state index is 13.0. The summed E-state index contributed by atoms with van der Waals surface area (Å²) in [5, 5.41) is 8.93. The molecule has 0 saturated carbocycles. The van der Waals surface area contributed by atoms with Gasteiger partial charge in [0.25, 0.3) is 0 Å². The summed E-state index contributed by atoms with van der Waals surface area (Å²) in [7, 11) is 0. The predicted molar refractivity (Wildman–Crippen MR) is 146 cm³/mol. The van der Waals surface area contributed by atoms with E-state index in [1.807, 2.05) is 26.8 Å². The van der Waals surface area contributed by atoms with E-state index in [-0.39, 0.29) is 36.2 Å². The van der Waals surface area contributed by atoms with Gasteiger partial charge in [-0.3, -0.25) is 14.4 Å². The van der Waals surface area contributed by atoms with Gasteiger partial charge in [0.1, 0.15) is 5.60 Å². The summed E-state index contributed by atoms with van der Waals surface area (Å²) in [6.45, 7) is 10.6. The fourth-order valence-corrected chi connectivity index (χ4v) is 5.01. The molecule has 0 aliphatic carbocycles. The van der Waals surface area contributed by atoms with Crippen LogP contribution in [-0.2, 0) is 23.8 Å². The monoisotopic (exact) mass is 555 g/mol. The van der Waals surface area contributed by atoms with E-state index in [1.54, 1.807) is 41.0 Å². The van der Waals surface area contributed by atoms with Crippen molar-refractivity contribution >= 4 is 23.8 Å². The van der Waals surface area contributed by atoms with E-state index in [0.717, 1.165) is 0 Å². The van der Waals surface area contributed by atoms with Gasteiger partial charge in [0.15, 0.2) is 5.78 Å². The van der Waals surface area contributed by atoms with E-state index >= 15 is 0 Å². The number of Topliss-reactive ketones (excluding diaryl/α,β-unsaturated/α-hetero) is 1. The molecule has 1 aromatic rings. The molecule has 2 amide bonds. The largest absolute Gasteiger partial charge is 0.444 e. The van der Waals surface area contributed by atoms with Crippen molar-refractivity contribution < 1.29 is 33.4 Å². The molecule has 218 valence electrons. The Balaban J connectivity index is 1.48. The van der Waals surface area contributed by atoms with Gasteiger partial charge in [-0.1, -0.05) is 19.1 Å². The van der Waals surface area contributed by atoms with Crippen molar-refractivity contribution in [2.24, 2.45) is 11.8 Å². The minimum Gasteiger partial charge on any atom is -0.444 e. The fourth-order valence-electron chi connectivity index (χ4n) is 5.01. The molecule has 0 bridgehead atoms. The molecule has 0 radical (unpaired) electrons. The van der Waals surface area contributed by atoms with Crippen LogP contribution in [0.3, 0.4) is 0 Å². The Bertz CT molecular complexity index is 1090. The first-order chi connectivity index (χ1) is 18.9. The van der Waals surface area contributed by atoms with Gasteiger partial charge < -0.3 is 24.0 Å². The SMILES string of the molecule is CC(=O)OC(OC1CCN(C(=O)C(C)CC(=O)c2ccc(C#N)cc2)CC1)C1CCN(C(=O)OC(C)(C)C)CC1. The first-order valence-corrected chi connectivity index (χ1v) is 14.0. The number of piperidine rings is 2. The zero-order valence-corrected chi connectivity index (χ0v) is 24.2. The highest BCUT2D eigenvalue weighted by Gasteiger charge is 2.35. The molecule has 2 saturated heterocycles. The van der Waals surface area contributed by atoms with E-state index in [2.05, 4.69) is 0 Å². The summed E-state index contributed by atoms with van der Waals surface area (Å²) in [6, 6.07) is 8.44. The van der Waals surface area contributed by atoms with Gasteiger partial charge in [-0.15, -0.1) is 0 Å². The summed E-state index contributed by atoms with van der Waals surface area (Å²) in [5.41, 5.74) is 0.401. The number of hydrogen-bond donors (Lipinski definition) is 0. The molecule has 40 heavy (non-hydrogen) atoms. The lowest BCUT2D eigenvalue weighted by Gasteiger charge is -2.39. The van der Waals surface area contributed by atoms with Gasteiger partial charge in [-0.25, -0.2) is 4.79 Å². The van der Waals surface area contributed by atoms with Gasteiger partial charge in [-0.05, 0) is 58.6 Å². The maximum atomic E-state index is 13.0. The number of nitrogens with zero attached hydrogens (tertiary/aromatic N) is 3. The van der Waals surface area contributed by atoms with Crippen molar-refractivity contribution in [3.8, 4) is 6.07 Å². The molecule has 10 heteroatoms. The Morgan fingerprint density at radius 3 is 2.08 bits per heavy atom. The number of ketones is 1. The molecule has 2 atom stereocenters. The third-order valence-corrected chi connectivity index (χ3v) is 7.19. The molecule has 0 spiro atoms. The van der Waals surface area contributed by atoms with Gasteiger partial charge >= 0.3 is 12.1 Å². The number of benzene rings is 1. The molecule has 2 unspecified atom stereocenters. The molecule has 3 rings (SSSR count). The highest BCUT2D eigenvalue weighted by molar-refractivity contribution is 5.98. The van der Waals surface area contributed by atoms with Crippen molar-refractivity contribution in [1.82, 2.24) is 9.80 Å². The van der Waals surface area contributed by atoms with E-state index < -0.39 is 23.8 Å². The number of likely N-dealkylation sites (tertiary alicyclic amines) is 2. The molecule has 2 heterocycles. The first-order valence-electron chi connectivity index (χ1n) is 14.0. The normalized spacial score (nSPS) is 18.4. The van der Waals surface area contributed by atoms with E-state index in [4.69, 9.17) is 19.5 Å². The number of amides is 2. The Hall–Kier alpha value is -3.45. The van der Waals surface area contributed by atoms with E-state index in [1.165, 1.54) is 6.92 Å². The zero-order chi connectivity index (χ0) is 29.4. The third-order valence-electron chi connectivity index (χ3n) is 7.19. The molecular weight excluding hydrogens is 514 g/mol. The second-order valence-corrected chi connectivity index (χ2v) is 11.7. The van der Waals surface area contributed by atoms with Crippen LogP contribution in [0.15, 0.2) is 24.3 Å². The van der Waals surface area contributed by atoms with Crippen molar-refractivity contribution in [3.05, 3.63) is 35.4 Å². The summed E-state index contributed by atoms with van der Waals surface area (Å²) >= 11 is 0. The van der Waals surface area contributed by atoms with E-state index in [9.17, 15) is 19.2 Å². The van der Waals surface area contributed by atoms with Gasteiger partial charge in [-0.2, -0.15) is 5.26 Å². The second-order valence-electron chi connectivity index (χ2n) is 11.7. The molecule has 2 fully saturated rings. The van der Waals surface area contributed by atoms with Crippen LogP contribution in [0.5, 0.6) is 0 Å². The Kier molecular flexibility index (Phi) is 10.7. The third kappa shape index (κ3) is 9.05. The number of esters is 1. The highest BCUT2D eigenvalue weighted by Crippen LogP contribution is 2.28. The predicted octanol–water partition coefficient (Wildman–Crippen LogP) is 4.31. The number of ether oxygens (including phenoxy) is 3. The van der Waals surface area contributed by atoms with Crippen molar-refractivity contribution in [2.45, 2.75) is 84.7 Å². The van der Waals surface area contributed by atoms with Crippen LogP contribution in [0.1, 0.15) is 82.6 Å². The average molecular weight is 556 g/mol. The quantitative estimate of drug-likeness (QED) is 0.264. The summed E-state index contributed by atoms with van der Waals surface area (Å²) in [6.07, 6.45) is 1.30. The minimum atomic E-state index is -0.713. The molecule has 1 aromatic carbocycles. The van der Waals surface area contributed by atoms with Gasteiger partial charge in [0, 0.05) is 56.9 Å². The molecule has 2 aliphatic heterocycles. The lowest BCUT2D eigenvalue weighted by molar-refractivity contribution is -0.211. The van der Waals surface area contributed by atoms with Crippen LogP contribution in [0.25, 0.3) is 0 Å². The number of carbonyl (C=O) groups excluding carboxylic acids is 4. The molecule has 0 N–H and O–H groups in total. The van der Waals surface area contributed by atoms with Gasteiger partial charge in [0.05, 0.1) is 17.7 Å². The average Bonchev–Trinajstić information content (AvgIpc) is 2.91. The Morgan fingerprint density at radius 1 is 0.975 bits per heavy atom. The van der Waals surface area contributed by atoms with Crippen LogP contribution in [0, 0.1) is 23.2 Å². The lowest BCUT2D eigenvalue weighted by Crippen LogP contribution is -2.47. The zero-order valence-electron chi connectivity index (χ0n) is 24.2. The van der Waals surface area contributed by atoms with E-state index in [0.29, 0.717) is 63.0 Å². The summed E-state index contributed by atoms with van der Waals surface area (Å²) < 4.78 is 17.3. The van der Waals surface area contributed by atoms with Crippen LogP contribution >= 0.6 is 0 Å². The van der Waals surface area contributed by atoms with Crippen LogP contribution < -0.4 is 0 Å². The summed E-state index contributed by atoms with van der Waals surface area (Å²) in [4.78, 5) is 53.3. The Morgan fingerprint density at radius 2 is 1.55 bits per heavy atom. The second kappa shape index (κ2) is 13.8. The van der Waals surface area contributed by atoms with Crippen LogP contribution in [-0.4, -0.2) is 77.7 Å². The van der Waals surface area contributed by atoms with Crippen molar-refractivity contribution in [2.75, 3.05) is 26.2 Å². The standard InChI is InChI=1S/C30H41N3O7/c1-20(18-26(35)23-8-6-22(19-31)7-9-23)27(36)32-16-12-25(13-17-32)39-28(38-21(2)34)24-10-14-33(15-11-24)29(37)40-30(3,4)5/h6-9,20,24-25,28H,10-18H2,1-5H3. The topological polar surface area (TPSA) is 126 Å². The number of hydrogen-bond acceptors (Lipinski definition) is 8. The number of nitriles is 1. The lowest BCUT2D eigenvalue weighted by atomic mass is 9.95. The fraction of sp³-hybridized carbons (Fsp3) is 0.633. The smallest absolute Gasteiger partial charge is 0.410 e. The number of rotatable bonds is 8. The molecule has 2 aliphatic rings. The van der Waals surface area contributed by atoms with Crippen molar-refractivity contribution in [3.63, 3.8) is 0 Å². The molecule has 0 aromatic heterocycles. The first kappa shape index (κ1) is 31.1. The minimum absolute atomic E-state index is 0.0458.